The number of nitrogens with one attached hydrogen (secondary N) is 2. The fourth-order valence-electron chi connectivity index (χ4n) is 8.23. The average Bonchev–Trinajstić information content (AvgIpc) is 3.43. The van der Waals surface area contributed by atoms with E-state index in [4.69, 9.17) is 21.3 Å². The summed E-state index contributed by atoms with van der Waals surface area (Å²) in [5, 5.41) is 11.1. The first kappa shape index (κ1) is 42.1. The Morgan fingerprint density at radius 3 is 2.38 bits per heavy atom. The summed E-state index contributed by atoms with van der Waals surface area (Å²) in [6.45, 7) is 3.95. The zero-order valence-electron chi connectivity index (χ0n) is 33.0. The van der Waals surface area contributed by atoms with Crippen molar-refractivity contribution in [2.75, 3.05) is 11.0 Å². The quantitative estimate of drug-likeness (QED) is 0.0938. The third-order valence-corrected chi connectivity index (χ3v) is 11.4. The standard InChI is InChI=1S/C40H37ClF6N8O5S/c1-39(2,3)60-30(57)17-54-9-8-26-28(54)15-22(21-6-7-25(41)32-35(21)53(4)51-38(32)52-61(5,58)59)33(49-26)27(12-18-10-19(42)13-20(43)11-18)48-29(56)16-55-36-31(34(50-55)37(44)45)23-14-24(23)40(36,46)47/h6-11,13,15,23-24,27,37H,12,14,16-17H2,1-5H3,(H,48,56)(H,51,52)/t23-,24+,27+/m0/s1. The first-order valence-electron chi connectivity index (χ1n) is 18.9. The van der Waals surface area contributed by atoms with Crippen LogP contribution in [0.15, 0.2) is 48.7 Å². The molecule has 4 heterocycles. The molecule has 2 aliphatic rings. The van der Waals surface area contributed by atoms with Gasteiger partial charge in [0.25, 0.3) is 12.3 Å². The monoisotopic (exact) mass is 890 g/mol. The molecule has 1 saturated carbocycles. The van der Waals surface area contributed by atoms with Crippen molar-refractivity contribution in [2.45, 2.75) is 76.6 Å². The normalized spacial score (nSPS) is 17.5. The maximum atomic E-state index is 15.5. The fraction of sp³-hybridized carbons (Fsp3) is 0.375. The minimum Gasteiger partial charge on any atom is -0.459 e. The number of amides is 1. The SMILES string of the molecule is Cn1nc(NS(C)(=O)=O)c2c(Cl)ccc(-c3cc4c(ccn4CC(=O)OC(C)(C)C)nc3[C@@H](Cc3cc(F)cc(F)c3)NC(=O)Cn3nc(C(F)F)c4c3C(F)(F)[C@@H]3C[C@H]43)c21. The summed E-state index contributed by atoms with van der Waals surface area (Å²) in [6.07, 6.45) is -1.00. The molecule has 2 aromatic carbocycles. The van der Waals surface area contributed by atoms with Gasteiger partial charge >= 0.3 is 5.97 Å². The molecule has 1 amide bonds. The molecule has 61 heavy (non-hydrogen) atoms. The number of esters is 1. The first-order valence-corrected chi connectivity index (χ1v) is 21.1. The van der Waals surface area contributed by atoms with Gasteiger partial charge in [-0.15, -0.1) is 0 Å². The highest BCUT2D eigenvalue weighted by molar-refractivity contribution is 7.92. The highest BCUT2D eigenvalue weighted by Crippen LogP contribution is 2.68. The van der Waals surface area contributed by atoms with E-state index in [2.05, 4.69) is 20.2 Å². The number of hydrogen-bond donors (Lipinski definition) is 2. The Morgan fingerprint density at radius 2 is 1.72 bits per heavy atom. The maximum Gasteiger partial charge on any atom is 0.326 e. The minimum absolute atomic E-state index is 0.0146. The molecule has 0 unspecified atom stereocenters. The van der Waals surface area contributed by atoms with Gasteiger partial charge in [-0.3, -0.25) is 23.7 Å². The second-order valence-electron chi connectivity index (χ2n) is 16.3. The number of halogens is 7. The smallest absolute Gasteiger partial charge is 0.326 e. The van der Waals surface area contributed by atoms with Gasteiger partial charge in [0.1, 0.15) is 41.7 Å². The molecule has 2 aliphatic carbocycles. The van der Waals surface area contributed by atoms with Gasteiger partial charge in [0.05, 0.1) is 45.0 Å². The number of carbonyl (C=O) groups is 2. The van der Waals surface area contributed by atoms with Crippen LogP contribution in [-0.2, 0) is 56.8 Å². The number of rotatable bonds is 12. The number of benzene rings is 2. The Morgan fingerprint density at radius 1 is 1.02 bits per heavy atom. The molecular weight excluding hydrogens is 854 g/mol. The summed E-state index contributed by atoms with van der Waals surface area (Å²) < 4.78 is 125. The van der Waals surface area contributed by atoms with E-state index in [9.17, 15) is 35.6 Å². The van der Waals surface area contributed by atoms with Crippen molar-refractivity contribution in [1.82, 2.24) is 34.4 Å². The molecule has 2 N–H and O–H groups in total. The molecule has 0 radical (unpaired) electrons. The number of alkyl halides is 4. The van der Waals surface area contributed by atoms with Crippen LogP contribution in [0.25, 0.3) is 33.1 Å². The maximum absolute atomic E-state index is 15.5. The number of fused-ring (bicyclic) bond motifs is 5. The molecule has 4 aromatic heterocycles. The third-order valence-electron chi connectivity index (χ3n) is 10.5. The molecule has 13 nitrogen and oxygen atoms in total. The number of hydrogen-bond acceptors (Lipinski definition) is 8. The van der Waals surface area contributed by atoms with E-state index in [1.165, 1.54) is 17.8 Å². The van der Waals surface area contributed by atoms with Crippen LogP contribution >= 0.6 is 11.6 Å². The van der Waals surface area contributed by atoms with E-state index in [1.807, 2.05) is 0 Å². The van der Waals surface area contributed by atoms with Crippen LogP contribution in [0, 0.1) is 17.6 Å². The predicted octanol–water partition coefficient (Wildman–Crippen LogP) is 7.68. The molecule has 0 spiro atoms. The Hall–Kier alpha value is -5.63. The molecule has 0 saturated heterocycles. The lowest BCUT2D eigenvalue weighted by atomic mass is 9.93. The van der Waals surface area contributed by atoms with Crippen molar-refractivity contribution >= 4 is 61.3 Å². The topological polar surface area (TPSA) is 155 Å². The number of carbonyl (C=O) groups excluding carboxylic acids is 2. The zero-order valence-corrected chi connectivity index (χ0v) is 34.6. The first-order chi connectivity index (χ1) is 28.5. The van der Waals surface area contributed by atoms with E-state index in [0.717, 1.165) is 18.4 Å². The van der Waals surface area contributed by atoms with Crippen molar-refractivity contribution in [3.63, 3.8) is 0 Å². The molecule has 21 heteroatoms. The van der Waals surface area contributed by atoms with Crippen molar-refractivity contribution in [3.05, 3.63) is 93.5 Å². The number of aryl methyl sites for hydroxylation is 1. The third kappa shape index (κ3) is 8.02. The summed E-state index contributed by atoms with van der Waals surface area (Å²) in [4.78, 5) is 32.0. The Labute approximate surface area is 349 Å². The minimum atomic E-state index is -3.87. The van der Waals surface area contributed by atoms with E-state index in [-0.39, 0.29) is 69.0 Å². The van der Waals surface area contributed by atoms with Crippen molar-refractivity contribution < 1.29 is 49.1 Å². The van der Waals surface area contributed by atoms with Crippen LogP contribution in [0.5, 0.6) is 0 Å². The number of nitrogens with zero attached hydrogens (tertiary/aromatic N) is 6. The largest absolute Gasteiger partial charge is 0.459 e. The van der Waals surface area contributed by atoms with Gasteiger partial charge in [0.15, 0.2) is 5.82 Å². The van der Waals surface area contributed by atoms with Crippen molar-refractivity contribution in [2.24, 2.45) is 13.0 Å². The van der Waals surface area contributed by atoms with Gasteiger partial charge in [-0.1, -0.05) is 17.7 Å². The average molecular weight is 891 g/mol. The number of ether oxygens (including phenoxy) is 1. The molecule has 8 rings (SSSR count). The van der Waals surface area contributed by atoms with Crippen LogP contribution in [0.4, 0.5) is 32.2 Å². The highest BCUT2D eigenvalue weighted by Gasteiger charge is 2.67. The Balaban J connectivity index is 1.30. The number of pyridine rings is 1. The van der Waals surface area contributed by atoms with E-state index < -0.39 is 87.3 Å². The Kier molecular flexibility index (Phi) is 10.2. The second-order valence-corrected chi connectivity index (χ2v) is 18.5. The molecule has 3 atom stereocenters. The molecule has 6 aromatic rings. The lowest BCUT2D eigenvalue weighted by molar-refractivity contribution is -0.155. The number of sulfonamides is 1. The van der Waals surface area contributed by atoms with Crippen LogP contribution in [0.1, 0.15) is 73.8 Å². The summed E-state index contributed by atoms with van der Waals surface area (Å²) >= 11 is 6.66. The van der Waals surface area contributed by atoms with Gasteiger partial charge in [-0.2, -0.15) is 19.0 Å². The van der Waals surface area contributed by atoms with Crippen LogP contribution in [0.3, 0.4) is 0 Å². The second kappa shape index (κ2) is 14.8. The lowest BCUT2D eigenvalue weighted by Gasteiger charge is -2.23. The number of anilines is 1. The summed E-state index contributed by atoms with van der Waals surface area (Å²) in [7, 11) is -2.34. The van der Waals surface area contributed by atoms with E-state index >= 15 is 8.78 Å². The Bertz CT molecular complexity index is 2890. The van der Waals surface area contributed by atoms with Gasteiger partial charge in [0, 0.05) is 41.9 Å². The van der Waals surface area contributed by atoms with Crippen LogP contribution in [-0.4, -0.2) is 61.3 Å². The summed E-state index contributed by atoms with van der Waals surface area (Å²) in [5.41, 5.74) is -1.03. The van der Waals surface area contributed by atoms with Crippen LogP contribution in [0.2, 0.25) is 5.02 Å². The predicted molar refractivity (Wildman–Crippen MR) is 212 cm³/mol. The van der Waals surface area contributed by atoms with E-state index in [0.29, 0.717) is 21.8 Å². The molecular formula is C40H37ClF6N8O5S. The van der Waals surface area contributed by atoms with Crippen molar-refractivity contribution in [1.29, 1.82) is 0 Å². The number of aromatic nitrogens is 6. The van der Waals surface area contributed by atoms with Gasteiger partial charge in [-0.05, 0) is 75.4 Å². The van der Waals surface area contributed by atoms with Gasteiger partial charge < -0.3 is 14.6 Å². The van der Waals surface area contributed by atoms with E-state index in [1.54, 1.807) is 49.7 Å². The molecule has 322 valence electrons. The zero-order chi connectivity index (χ0) is 44.1. The van der Waals surface area contributed by atoms with Crippen molar-refractivity contribution in [3.8, 4) is 11.1 Å². The summed E-state index contributed by atoms with van der Waals surface area (Å²) in [5.74, 6) is -9.03. The van der Waals surface area contributed by atoms with Crippen LogP contribution < -0.4 is 10.0 Å². The molecule has 0 bridgehead atoms. The summed E-state index contributed by atoms with van der Waals surface area (Å²) in [6, 6.07) is 7.67. The van der Waals surface area contributed by atoms with Gasteiger partial charge in [0.2, 0.25) is 15.9 Å². The molecule has 0 aliphatic heterocycles. The fourth-order valence-corrected chi connectivity index (χ4v) is 8.97. The lowest BCUT2D eigenvalue weighted by Crippen LogP contribution is -2.35. The highest BCUT2D eigenvalue weighted by atomic mass is 35.5. The van der Waals surface area contributed by atoms with Gasteiger partial charge in [-0.25, -0.2) is 31.0 Å². The molecule has 1 fully saturated rings.